The molecular formula is C6H14N2. The maximum Gasteiger partial charge on any atom is 0.0241 e. The Labute approximate surface area is 50.6 Å². The van der Waals surface area contributed by atoms with Crippen molar-refractivity contribution in [1.29, 1.82) is 0 Å². The van der Waals surface area contributed by atoms with Crippen LogP contribution in [0, 0.1) is 0 Å². The minimum Gasteiger partial charge on any atom is -0.402 e. The molecular weight excluding hydrogens is 100 g/mol. The van der Waals surface area contributed by atoms with Gasteiger partial charge in [-0.25, -0.2) is 0 Å². The van der Waals surface area contributed by atoms with Crippen LogP contribution in [0.3, 0.4) is 0 Å². The molecule has 0 aromatic rings. The van der Waals surface area contributed by atoms with E-state index >= 15 is 0 Å². The summed E-state index contributed by atoms with van der Waals surface area (Å²) in [5.41, 5.74) is 12.8. The molecule has 0 aliphatic carbocycles. The van der Waals surface area contributed by atoms with Gasteiger partial charge >= 0.3 is 0 Å². The number of hydrogen-bond acceptors (Lipinski definition) is 2. The Morgan fingerprint density at radius 1 is 1.38 bits per heavy atom. The summed E-state index contributed by atoms with van der Waals surface area (Å²) >= 11 is 0. The lowest BCUT2D eigenvalue weighted by molar-refractivity contribution is 0.841. The largest absolute Gasteiger partial charge is 0.402 e. The van der Waals surface area contributed by atoms with Crippen LogP contribution in [0.15, 0.2) is 11.3 Å². The van der Waals surface area contributed by atoms with Crippen molar-refractivity contribution >= 4 is 0 Å². The van der Waals surface area contributed by atoms with E-state index in [0.717, 1.165) is 11.3 Å². The molecule has 1 unspecified atom stereocenters. The van der Waals surface area contributed by atoms with Gasteiger partial charge in [-0.15, -0.1) is 0 Å². The van der Waals surface area contributed by atoms with E-state index in [0.29, 0.717) is 0 Å². The Morgan fingerprint density at radius 3 is 1.75 bits per heavy atom. The first-order chi connectivity index (χ1) is 3.55. The monoisotopic (exact) mass is 114 g/mol. The Balaban J connectivity index is 4.00. The topological polar surface area (TPSA) is 52.0 Å². The van der Waals surface area contributed by atoms with Crippen LogP contribution in [0.5, 0.6) is 0 Å². The third-order valence-electron chi connectivity index (χ3n) is 1.31. The average molecular weight is 114 g/mol. The van der Waals surface area contributed by atoms with Crippen LogP contribution in [-0.4, -0.2) is 6.04 Å². The van der Waals surface area contributed by atoms with Crippen molar-refractivity contribution in [1.82, 2.24) is 0 Å². The molecule has 0 saturated carbocycles. The molecule has 0 heterocycles. The molecule has 0 saturated heterocycles. The smallest absolute Gasteiger partial charge is 0.0241 e. The second-order valence-electron chi connectivity index (χ2n) is 2.15. The highest BCUT2D eigenvalue weighted by atomic mass is 14.6. The summed E-state index contributed by atoms with van der Waals surface area (Å²) in [6.07, 6.45) is 0. The van der Waals surface area contributed by atoms with E-state index < -0.39 is 0 Å². The van der Waals surface area contributed by atoms with Crippen LogP contribution in [0.1, 0.15) is 20.8 Å². The molecule has 0 rings (SSSR count). The third kappa shape index (κ3) is 1.98. The van der Waals surface area contributed by atoms with Crippen molar-refractivity contribution in [3.63, 3.8) is 0 Å². The van der Waals surface area contributed by atoms with Crippen molar-refractivity contribution in [2.24, 2.45) is 11.5 Å². The maximum atomic E-state index is 5.50. The lowest BCUT2D eigenvalue weighted by Gasteiger charge is -2.05. The van der Waals surface area contributed by atoms with E-state index in [2.05, 4.69) is 0 Å². The summed E-state index contributed by atoms with van der Waals surface area (Å²) < 4.78 is 0. The second-order valence-corrected chi connectivity index (χ2v) is 2.15. The molecule has 0 aliphatic heterocycles. The number of allylic oxidation sites excluding steroid dienone is 1. The van der Waals surface area contributed by atoms with Gasteiger partial charge in [-0.1, -0.05) is 0 Å². The van der Waals surface area contributed by atoms with Crippen LogP contribution < -0.4 is 11.5 Å². The summed E-state index contributed by atoms with van der Waals surface area (Å²) in [5, 5.41) is 0. The SMILES string of the molecule is CC(N)=C(C)C(C)N. The van der Waals surface area contributed by atoms with Crippen LogP contribution in [0.25, 0.3) is 0 Å². The van der Waals surface area contributed by atoms with Crippen molar-refractivity contribution in [2.75, 3.05) is 0 Å². The predicted octanol–water partition coefficient (Wildman–Crippen LogP) is 0.586. The van der Waals surface area contributed by atoms with Gasteiger partial charge in [0.2, 0.25) is 0 Å². The molecule has 2 heteroatoms. The van der Waals surface area contributed by atoms with E-state index in [1.54, 1.807) is 0 Å². The number of rotatable bonds is 1. The summed E-state index contributed by atoms with van der Waals surface area (Å²) in [5.74, 6) is 0. The summed E-state index contributed by atoms with van der Waals surface area (Å²) in [4.78, 5) is 0. The van der Waals surface area contributed by atoms with Crippen molar-refractivity contribution < 1.29 is 0 Å². The van der Waals surface area contributed by atoms with Gasteiger partial charge in [0.15, 0.2) is 0 Å². The van der Waals surface area contributed by atoms with Crippen LogP contribution in [-0.2, 0) is 0 Å². The highest BCUT2D eigenvalue weighted by Gasteiger charge is 1.96. The quantitative estimate of drug-likeness (QED) is 0.524. The van der Waals surface area contributed by atoms with E-state index in [1.807, 2.05) is 20.8 Å². The predicted molar refractivity (Wildman–Crippen MR) is 36.2 cm³/mol. The fourth-order valence-corrected chi connectivity index (χ4v) is 0.359. The van der Waals surface area contributed by atoms with Gasteiger partial charge in [0.05, 0.1) is 0 Å². The van der Waals surface area contributed by atoms with Crippen LogP contribution >= 0.6 is 0 Å². The van der Waals surface area contributed by atoms with E-state index in [9.17, 15) is 0 Å². The highest BCUT2D eigenvalue weighted by molar-refractivity contribution is 5.10. The molecule has 0 amide bonds. The molecule has 2 nitrogen and oxygen atoms in total. The first-order valence-corrected chi connectivity index (χ1v) is 2.74. The number of nitrogens with two attached hydrogens (primary N) is 2. The molecule has 4 N–H and O–H groups in total. The standard InChI is InChI=1S/C6H14N2/c1-4(5(2)7)6(3)8/h5H,7-8H2,1-3H3. The molecule has 48 valence electrons. The molecule has 0 aliphatic rings. The third-order valence-corrected chi connectivity index (χ3v) is 1.31. The molecule has 0 aromatic heterocycles. The van der Waals surface area contributed by atoms with Gasteiger partial charge in [0.1, 0.15) is 0 Å². The first-order valence-electron chi connectivity index (χ1n) is 2.74. The molecule has 0 bridgehead atoms. The van der Waals surface area contributed by atoms with E-state index in [1.165, 1.54) is 0 Å². The second kappa shape index (κ2) is 2.72. The molecule has 0 fully saturated rings. The fourth-order valence-electron chi connectivity index (χ4n) is 0.359. The Hall–Kier alpha value is -0.500. The van der Waals surface area contributed by atoms with Gasteiger partial charge in [-0.2, -0.15) is 0 Å². The Morgan fingerprint density at radius 2 is 1.75 bits per heavy atom. The zero-order valence-corrected chi connectivity index (χ0v) is 5.73. The van der Waals surface area contributed by atoms with Crippen LogP contribution in [0.2, 0.25) is 0 Å². The molecule has 0 aromatic carbocycles. The van der Waals surface area contributed by atoms with Gasteiger partial charge < -0.3 is 11.5 Å². The Kier molecular flexibility index (Phi) is 2.55. The molecule has 1 atom stereocenters. The van der Waals surface area contributed by atoms with E-state index in [4.69, 9.17) is 11.5 Å². The molecule has 0 radical (unpaired) electrons. The summed E-state index contributed by atoms with van der Waals surface area (Å²) in [6.45, 7) is 5.73. The lowest BCUT2D eigenvalue weighted by Crippen LogP contribution is -2.19. The molecule has 0 spiro atoms. The average Bonchev–Trinajstić information content (AvgIpc) is 1.64. The van der Waals surface area contributed by atoms with E-state index in [-0.39, 0.29) is 6.04 Å². The summed E-state index contributed by atoms with van der Waals surface area (Å²) in [7, 11) is 0. The lowest BCUT2D eigenvalue weighted by atomic mass is 10.1. The zero-order chi connectivity index (χ0) is 6.73. The first kappa shape index (κ1) is 7.50. The van der Waals surface area contributed by atoms with Gasteiger partial charge in [0, 0.05) is 11.7 Å². The Bertz CT molecular complexity index is 99.1. The maximum absolute atomic E-state index is 5.50. The van der Waals surface area contributed by atoms with Gasteiger partial charge in [0.25, 0.3) is 0 Å². The van der Waals surface area contributed by atoms with Crippen molar-refractivity contribution in [3.05, 3.63) is 11.3 Å². The van der Waals surface area contributed by atoms with Crippen molar-refractivity contribution in [2.45, 2.75) is 26.8 Å². The van der Waals surface area contributed by atoms with Gasteiger partial charge in [-0.05, 0) is 26.3 Å². The molecule has 8 heavy (non-hydrogen) atoms. The van der Waals surface area contributed by atoms with Crippen LogP contribution in [0.4, 0.5) is 0 Å². The normalized spacial score (nSPS) is 17.5. The van der Waals surface area contributed by atoms with Crippen molar-refractivity contribution in [3.8, 4) is 0 Å². The number of hydrogen-bond donors (Lipinski definition) is 2. The minimum absolute atomic E-state index is 0.0972. The fraction of sp³-hybridized carbons (Fsp3) is 0.667. The summed E-state index contributed by atoms with van der Waals surface area (Å²) in [6, 6.07) is 0.0972. The highest BCUT2D eigenvalue weighted by Crippen LogP contribution is 1.99. The minimum atomic E-state index is 0.0972. The zero-order valence-electron chi connectivity index (χ0n) is 5.73. The van der Waals surface area contributed by atoms with Gasteiger partial charge in [-0.3, -0.25) is 0 Å².